The molecule has 1 saturated carbocycles. The van der Waals surface area contributed by atoms with Crippen LogP contribution in [0.1, 0.15) is 48.5 Å². The largest absolute Gasteiger partial charge is 0.493 e. The van der Waals surface area contributed by atoms with Gasteiger partial charge in [0.1, 0.15) is 5.75 Å². The molecule has 1 aromatic rings. The van der Waals surface area contributed by atoms with E-state index in [-0.39, 0.29) is 5.92 Å². The molecule has 0 bridgehead atoms. The number of fused-ring (bicyclic) bond motifs is 1. The van der Waals surface area contributed by atoms with E-state index in [0.29, 0.717) is 5.78 Å². The number of carbonyl (C=O) groups is 1. The van der Waals surface area contributed by atoms with Gasteiger partial charge in [0, 0.05) is 17.9 Å². The molecule has 0 unspecified atom stereocenters. The van der Waals surface area contributed by atoms with E-state index in [1.165, 1.54) is 18.4 Å². The number of ether oxygens (including phenoxy) is 1. The monoisotopic (exact) mass is 244 g/mol. The van der Waals surface area contributed by atoms with Gasteiger partial charge in [-0.2, -0.15) is 0 Å². The van der Waals surface area contributed by atoms with Crippen LogP contribution >= 0.6 is 0 Å². The third-order valence-corrected chi connectivity index (χ3v) is 4.36. The highest BCUT2D eigenvalue weighted by atomic mass is 16.5. The predicted octanol–water partition coefficient (Wildman–Crippen LogP) is 3.63. The van der Waals surface area contributed by atoms with Crippen molar-refractivity contribution >= 4 is 5.78 Å². The molecule has 2 aliphatic rings. The topological polar surface area (TPSA) is 26.3 Å². The van der Waals surface area contributed by atoms with E-state index in [1.54, 1.807) is 0 Å². The van der Waals surface area contributed by atoms with E-state index in [9.17, 15) is 4.79 Å². The number of rotatable bonds is 2. The minimum Gasteiger partial charge on any atom is -0.493 e. The molecule has 0 radical (unpaired) electrons. The smallest absolute Gasteiger partial charge is 0.165 e. The first-order chi connectivity index (χ1) is 8.74. The van der Waals surface area contributed by atoms with Gasteiger partial charge in [-0.25, -0.2) is 0 Å². The van der Waals surface area contributed by atoms with Crippen LogP contribution in [0.3, 0.4) is 0 Å². The fourth-order valence-corrected chi connectivity index (χ4v) is 3.10. The Labute approximate surface area is 108 Å². The molecule has 0 atom stereocenters. The van der Waals surface area contributed by atoms with Crippen LogP contribution in [0.5, 0.6) is 5.75 Å². The summed E-state index contributed by atoms with van der Waals surface area (Å²) in [5.74, 6) is 2.35. The molecule has 3 rings (SSSR count). The highest BCUT2D eigenvalue weighted by Gasteiger charge is 2.26. The number of Topliss-reactive ketones (excluding diaryl/α,β-unsaturated/α-hetero) is 1. The van der Waals surface area contributed by atoms with E-state index in [4.69, 9.17) is 4.74 Å². The normalized spacial score (nSPS) is 26.5. The lowest BCUT2D eigenvalue weighted by molar-refractivity contribution is 0.0875. The highest BCUT2D eigenvalue weighted by molar-refractivity contribution is 5.98. The molecule has 18 heavy (non-hydrogen) atoms. The van der Waals surface area contributed by atoms with E-state index in [2.05, 4.69) is 6.92 Å². The van der Waals surface area contributed by atoms with Gasteiger partial charge in [0.15, 0.2) is 5.78 Å². The van der Waals surface area contributed by atoms with Crippen LogP contribution in [0, 0.1) is 11.8 Å². The molecule has 1 aliphatic carbocycles. The van der Waals surface area contributed by atoms with Gasteiger partial charge in [0.05, 0.1) is 6.61 Å². The molecule has 0 N–H and O–H groups in total. The van der Waals surface area contributed by atoms with E-state index in [1.807, 2.05) is 18.2 Å². The lowest BCUT2D eigenvalue weighted by Gasteiger charge is -2.25. The summed E-state index contributed by atoms with van der Waals surface area (Å²) < 4.78 is 5.48. The summed E-state index contributed by atoms with van der Waals surface area (Å²) in [5.41, 5.74) is 2.09. The Morgan fingerprint density at radius 1 is 1.22 bits per heavy atom. The van der Waals surface area contributed by atoms with Crippen LogP contribution in [0.2, 0.25) is 0 Å². The SMILES string of the molecule is CC1CCC(C(=O)c2ccc3c(c2)CCO3)CC1. The van der Waals surface area contributed by atoms with Crippen molar-refractivity contribution in [1.82, 2.24) is 0 Å². The molecule has 1 heterocycles. The van der Waals surface area contributed by atoms with Crippen LogP contribution in [-0.2, 0) is 6.42 Å². The Hall–Kier alpha value is -1.31. The van der Waals surface area contributed by atoms with Gasteiger partial charge in [0.25, 0.3) is 0 Å². The Kier molecular flexibility index (Phi) is 3.11. The maximum atomic E-state index is 12.5. The average Bonchev–Trinajstić information content (AvgIpc) is 2.86. The van der Waals surface area contributed by atoms with Crippen LogP contribution in [-0.4, -0.2) is 12.4 Å². The summed E-state index contributed by atoms with van der Waals surface area (Å²) in [6.45, 7) is 3.04. The zero-order valence-corrected chi connectivity index (χ0v) is 10.9. The fourth-order valence-electron chi connectivity index (χ4n) is 3.10. The van der Waals surface area contributed by atoms with Gasteiger partial charge < -0.3 is 4.74 Å². The Balaban J connectivity index is 1.76. The van der Waals surface area contributed by atoms with Crippen molar-refractivity contribution in [2.24, 2.45) is 11.8 Å². The summed E-state index contributed by atoms with van der Waals surface area (Å²) in [7, 11) is 0. The van der Waals surface area contributed by atoms with Crippen molar-refractivity contribution in [1.29, 1.82) is 0 Å². The van der Waals surface area contributed by atoms with Crippen LogP contribution in [0.4, 0.5) is 0 Å². The summed E-state index contributed by atoms with van der Waals surface area (Å²) in [6, 6.07) is 5.94. The number of ketones is 1. The first kappa shape index (κ1) is 11.8. The van der Waals surface area contributed by atoms with Gasteiger partial charge in [0.2, 0.25) is 0 Å². The highest BCUT2D eigenvalue weighted by Crippen LogP contribution is 2.32. The molecule has 2 heteroatoms. The molecule has 1 aliphatic heterocycles. The summed E-state index contributed by atoms with van der Waals surface area (Å²) in [6.07, 6.45) is 5.47. The van der Waals surface area contributed by atoms with Gasteiger partial charge in [-0.3, -0.25) is 4.79 Å². The molecule has 0 saturated heterocycles. The van der Waals surface area contributed by atoms with Crippen LogP contribution in [0.25, 0.3) is 0 Å². The zero-order valence-electron chi connectivity index (χ0n) is 10.9. The third-order valence-electron chi connectivity index (χ3n) is 4.36. The number of benzene rings is 1. The number of hydrogen-bond acceptors (Lipinski definition) is 2. The molecule has 2 nitrogen and oxygen atoms in total. The summed E-state index contributed by atoms with van der Waals surface area (Å²) >= 11 is 0. The predicted molar refractivity (Wildman–Crippen MR) is 71.1 cm³/mol. The molecular formula is C16H20O2. The minimum atomic E-state index is 0.251. The standard InChI is InChI=1S/C16H20O2/c1-11-2-4-12(5-3-11)16(17)14-6-7-15-13(10-14)8-9-18-15/h6-7,10-12H,2-5,8-9H2,1H3. The maximum absolute atomic E-state index is 12.5. The lowest BCUT2D eigenvalue weighted by atomic mass is 9.79. The van der Waals surface area contributed by atoms with Crippen molar-refractivity contribution in [3.05, 3.63) is 29.3 Å². The van der Waals surface area contributed by atoms with Crippen molar-refractivity contribution < 1.29 is 9.53 Å². The lowest BCUT2D eigenvalue weighted by Crippen LogP contribution is -2.21. The van der Waals surface area contributed by atoms with Crippen molar-refractivity contribution in [2.45, 2.75) is 39.0 Å². The fraction of sp³-hybridized carbons (Fsp3) is 0.562. The Bertz CT molecular complexity index is 456. The zero-order chi connectivity index (χ0) is 12.5. The van der Waals surface area contributed by atoms with E-state index >= 15 is 0 Å². The van der Waals surface area contributed by atoms with Crippen molar-refractivity contribution in [3.8, 4) is 5.75 Å². The van der Waals surface area contributed by atoms with Gasteiger partial charge in [-0.15, -0.1) is 0 Å². The Morgan fingerprint density at radius 3 is 2.78 bits per heavy atom. The average molecular weight is 244 g/mol. The van der Waals surface area contributed by atoms with Crippen LogP contribution in [0.15, 0.2) is 18.2 Å². The van der Waals surface area contributed by atoms with E-state index in [0.717, 1.165) is 43.1 Å². The molecule has 0 aromatic heterocycles. The van der Waals surface area contributed by atoms with Crippen LogP contribution < -0.4 is 4.74 Å². The first-order valence-electron chi connectivity index (χ1n) is 7.04. The van der Waals surface area contributed by atoms with Gasteiger partial charge in [-0.05, 0) is 42.5 Å². The second-order valence-electron chi connectivity index (χ2n) is 5.74. The molecule has 1 fully saturated rings. The van der Waals surface area contributed by atoms with Gasteiger partial charge >= 0.3 is 0 Å². The molecule has 1 aromatic carbocycles. The first-order valence-corrected chi connectivity index (χ1v) is 7.04. The summed E-state index contributed by atoms with van der Waals surface area (Å²) in [4.78, 5) is 12.5. The quantitative estimate of drug-likeness (QED) is 0.743. The van der Waals surface area contributed by atoms with Gasteiger partial charge in [-0.1, -0.05) is 19.8 Å². The minimum absolute atomic E-state index is 0.251. The molecule has 0 spiro atoms. The van der Waals surface area contributed by atoms with E-state index < -0.39 is 0 Å². The molecule has 0 amide bonds. The second kappa shape index (κ2) is 4.75. The number of carbonyl (C=O) groups excluding carboxylic acids is 1. The Morgan fingerprint density at radius 2 is 2.00 bits per heavy atom. The second-order valence-corrected chi connectivity index (χ2v) is 5.74. The third kappa shape index (κ3) is 2.16. The van der Waals surface area contributed by atoms with Crippen molar-refractivity contribution in [2.75, 3.05) is 6.61 Å². The van der Waals surface area contributed by atoms with Crippen molar-refractivity contribution in [3.63, 3.8) is 0 Å². The maximum Gasteiger partial charge on any atom is 0.165 e. The number of hydrogen-bond donors (Lipinski definition) is 0. The molecular weight excluding hydrogens is 224 g/mol. The molecule has 96 valence electrons. The summed E-state index contributed by atoms with van der Waals surface area (Å²) in [5, 5.41) is 0.